The number of rotatable bonds is 14. The number of hydrogen-bond acceptors (Lipinski definition) is 7. The number of piperidine rings is 1. The molecule has 0 bridgehead atoms. The Morgan fingerprint density at radius 1 is 1.14 bits per heavy atom. The Balaban J connectivity index is 1.46. The quantitative estimate of drug-likeness (QED) is 0.332. The van der Waals surface area contributed by atoms with Crippen LogP contribution in [0.1, 0.15) is 75.5 Å². The van der Waals surface area contributed by atoms with Gasteiger partial charge in [-0.25, -0.2) is 9.78 Å². The molecule has 0 spiro atoms. The number of carbonyl (C=O) groups excluding carboxylic acids is 2. The Hall–Kier alpha value is -2.52. The number of nitrogens with zero attached hydrogens (tertiary/aromatic N) is 2. The molecule has 3 N–H and O–H groups in total. The minimum absolute atomic E-state index is 0.00157. The number of aromatic nitrogens is 1. The molecule has 3 rings (SSSR count). The third-order valence-corrected chi connectivity index (χ3v) is 7.13. The number of anilines is 1. The maximum Gasteiger partial charge on any atom is 0.326 e. The van der Waals surface area contributed by atoms with E-state index in [4.69, 9.17) is 9.72 Å². The molecule has 1 fully saturated rings. The van der Waals surface area contributed by atoms with Crippen molar-refractivity contribution in [2.24, 2.45) is 5.92 Å². The SMILES string of the molecule is COCCC(=O)N(C(=O)[C@@H]1CCCNC1)[C@@H](CCCCCCCc1ccc2c(n1)NCCC2)C(=O)O. The maximum absolute atomic E-state index is 13.2. The van der Waals surface area contributed by atoms with Crippen LogP contribution >= 0.6 is 0 Å². The number of hydrogen-bond donors (Lipinski definition) is 3. The molecule has 9 nitrogen and oxygen atoms in total. The first-order valence-electron chi connectivity index (χ1n) is 13.5. The summed E-state index contributed by atoms with van der Waals surface area (Å²) in [4.78, 5) is 44.0. The predicted molar refractivity (Wildman–Crippen MR) is 138 cm³/mol. The summed E-state index contributed by atoms with van der Waals surface area (Å²) in [5.74, 6) is -1.29. The van der Waals surface area contributed by atoms with E-state index in [-0.39, 0.29) is 31.3 Å². The number of aliphatic carboxylic acids is 1. The van der Waals surface area contributed by atoms with E-state index in [1.807, 2.05) is 0 Å². The Morgan fingerprint density at radius 2 is 1.94 bits per heavy atom. The van der Waals surface area contributed by atoms with Crippen molar-refractivity contribution >= 4 is 23.6 Å². The largest absolute Gasteiger partial charge is 0.480 e. The number of methoxy groups -OCH3 is 1. The van der Waals surface area contributed by atoms with Gasteiger partial charge in [-0.1, -0.05) is 31.7 Å². The van der Waals surface area contributed by atoms with Gasteiger partial charge in [0.05, 0.1) is 18.9 Å². The van der Waals surface area contributed by atoms with Crippen LogP contribution in [-0.4, -0.2) is 72.2 Å². The zero-order valence-corrected chi connectivity index (χ0v) is 21.6. The Kier molecular flexibility index (Phi) is 11.6. The number of pyridine rings is 1. The zero-order valence-electron chi connectivity index (χ0n) is 21.6. The number of fused-ring (bicyclic) bond motifs is 1. The lowest BCUT2D eigenvalue weighted by atomic mass is 9.96. The lowest BCUT2D eigenvalue weighted by molar-refractivity contribution is -0.160. The Morgan fingerprint density at radius 3 is 2.69 bits per heavy atom. The molecule has 0 aliphatic carbocycles. The van der Waals surface area contributed by atoms with Crippen molar-refractivity contribution < 1.29 is 24.2 Å². The second-order valence-electron chi connectivity index (χ2n) is 9.89. The molecule has 0 aromatic carbocycles. The highest BCUT2D eigenvalue weighted by Gasteiger charge is 2.37. The summed E-state index contributed by atoms with van der Waals surface area (Å²) in [5.41, 5.74) is 2.40. The molecule has 36 heavy (non-hydrogen) atoms. The topological polar surface area (TPSA) is 121 Å². The highest BCUT2D eigenvalue weighted by molar-refractivity contribution is 6.00. The molecule has 3 heterocycles. The van der Waals surface area contributed by atoms with Crippen LogP contribution in [-0.2, 0) is 32.0 Å². The molecule has 0 saturated carbocycles. The Bertz CT molecular complexity index is 872. The smallest absolute Gasteiger partial charge is 0.326 e. The fourth-order valence-electron chi connectivity index (χ4n) is 5.06. The molecule has 1 saturated heterocycles. The fraction of sp³-hybridized carbons (Fsp3) is 0.704. The average molecular weight is 503 g/mol. The highest BCUT2D eigenvalue weighted by Crippen LogP contribution is 2.22. The van der Waals surface area contributed by atoms with Gasteiger partial charge >= 0.3 is 5.97 Å². The van der Waals surface area contributed by atoms with Gasteiger partial charge in [-0.15, -0.1) is 0 Å². The predicted octanol–water partition coefficient (Wildman–Crippen LogP) is 3.17. The van der Waals surface area contributed by atoms with Crippen LogP contribution in [0.4, 0.5) is 5.82 Å². The van der Waals surface area contributed by atoms with Gasteiger partial charge in [0.25, 0.3) is 0 Å². The number of amides is 2. The normalized spacial score (nSPS) is 18.1. The van der Waals surface area contributed by atoms with Gasteiger partial charge in [0.2, 0.25) is 11.8 Å². The first-order valence-corrected chi connectivity index (χ1v) is 13.5. The third kappa shape index (κ3) is 8.27. The lowest BCUT2D eigenvalue weighted by Gasteiger charge is -2.32. The number of imide groups is 1. The van der Waals surface area contributed by atoms with Crippen molar-refractivity contribution in [2.75, 3.05) is 38.7 Å². The molecule has 2 aliphatic rings. The summed E-state index contributed by atoms with van der Waals surface area (Å²) < 4.78 is 5.00. The van der Waals surface area contributed by atoms with Crippen LogP contribution in [0.2, 0.25) is 0 Å². The van der Waals surface area contributed by atoms with Crippen molar-refractivity contribution in [3.05, 3.63) is 23.4 Å². The molecule has 0 radical (unpaired) electrons. The van der Waals surface area contributed by atoms with E-state index in [0.29, 0.717) is 19.4 Å². The lowest BCUT2D eigenvalue weighted by Crippen LogP contribution is -2.53. The molecule has 1 aromatic heterocycles. The monoisotopic (exact) mass is 502 g/mol. The van der Waals surface area contributed by atoms with Crippen molar-refractivity contribution in [3.8, 4) is 0 Å². The number of ether oxygens (including phenoxy) is 1. The number of carboxylic acid groups (broad SMARTS) is 1. The van der Waals surface area contributed by atoms with E-state index in [1.54, 1.807) is 0 Å². The molecular weight excluding hydrogens is 460 g/mol. The standard InChI is InChI=1S/C27H42N4O5/c1-36-18-15-24(32)31(26(33)21-10-7-16-28-19-21)23(27(34)35)12-6-4-2-3-5-11-22-14-13-20-9-8-17-29-25(20)30-22/h13-14,21,23,28H,2-12,15-19H2,1H3,(H,29,30)(H,34,35)/t21-,23+/m1/s1. The molecule has 9 heteroatoms. The molecule has 2 atom stereocenters. The van der Waals surface area contributed by atoms with E-state index in [2.05, 4.69) is 22.8 Å². The van der Waals surface area contributed by atoms with Crippen molar-refractivity contribution in [3.63, 3.8) is 0 Å². The van der Waals surface area contributed by atoms with Gasteiger partial charge in [0.1, 0.15) is 11.9 Å². The van der Waals surface area contributed by atoms with Crippen LogP contribution in [0.25, 0.3) is 0 Å². The number of aryl methyl sites for hydroxylation is 2. The van der Waals surface area contributed by atoms with E-state index in [1.165, 1.54) is 12.7 Å². The van der Waals surface area contributed by atoms with Gasteiger partial charge in [-0.05, 0) is 63.1 Å². The summed E-state index contributed by atoms with van der Waals surface area (Å²) in [5, 5.41) is 16.5. The van der Waals surface area contributed by atoms with Crippen LogP contribution < -0.4 is 10.6 Å². The van der Waals surface area contributed by atoms with E-state index in [0.717, 1.165) is 80.9 Å². The summed E-state index contributed by atoms with van der Waals surface area (Å²) in [6, 6.07) is 3.17. The van der Waals surface area contributed by atoms with Gasteiger partial charge in [0, 0.05) is 25.9 Å². The molecule has 0 unspecified atom stereocenters. The van der Waals surface area contributed by atoms with E-state index in [9.17, 15) is 19.5 Å². The summed E-state index contributed by atoms with van der Waals surface area (Å²) in [6.07, 6.45) is 9.52. The second-order valence-corrected chi connectivity index (χ2v) is 9.89. The fourth-order valence-corrected chi connectivity index (χ4v) is 5.06. The molecule has 200 valence electrons. The molecule has 2 amide bonds. The number of carboxylic acids is 1. The highest BCUT2D eigenvalue weighted by atomic mass is 16.5. The summed E-state index contributed by atoms with van der Waals surface area (Å²) >= 11 is 0. The minimum Gasteiger partial charge on any atom is -0.480 e. The first kappa shape index (κ1) is 28.1. The van der Waals surface area contributed by atoms with Gasteiger partial charge in [-0.3, -0.25) is 14.5 Å². The van der Waals surface area contributed by atoms with Crippen LogP contribution in [0, 0.1) is 5.92 Å². The maximum atomic E-state index is 13.2. The van der Waals surface area contributed by atoms with E-state index >= 15 is 0 Å². The molecular formula is C27H42N4O5. The average Bonchev–Trinajstić information content (AvgIpc) is 2.90. The van der Waals surface area contributed by atoms with Crippen LogP contribution in [0.15, 0.2) is 12.1 Å². The van der Waals surface area contributed by atoms with Crippen molar-refractivity contribution in [2.45, 2.75) is 83.1 Å². The second kappa shape index (κ2) is 14.9. The number of nitrogens with one attached hydrogen (secondary N) is 2. The van der Waals surface area contributed by atoms with Gasteiger partial charge in [0.15, 0.2) is 0 Å². The van der Waals surface area contributed by atoms with Crippen molar-refractivity contribution in [1.82, 2.24) is 15.2 Å². The van der Waals surface area contributed by atoms with E-state index < -0.39 is 17.9 Å². The Labute approximate surface area is 214 Å². The van der Waals surface area contributed by atoms with Crippen LogP contribution in [0.5, 0.6) is 0 Å². The van der Waals surface area contributed by atoms with Crippen molar-refractivity contribution in [1.29, 1.82) is 0 Å². The van der Waals surface area contributed by atoms with Gasteiger partial charge in [-0.2, -0.15) is 0 Å². The molecule has 2 aliphatic heterocycles. The third-order valence-electron chi connectivity index (χ3n) is 7.13. The van der Waals surface area contributed by atoms with Gasteiger partial charge < -0.3 is 20.5 Å². The number of unbranched alkanes of at least 4 members (excludes halogenated alkanes) is 4. The first-order chi connectivity index (χ1) is 17.5. The summed E-state index contributed by atoms with van der Waals surface area (Å²) in [6.45, 7) is 2.46. The summed E-state index contributed by atoms with van der Waals surface area (Å²) in [7, 11) is 1.48. The molecule has 1 aromatic rings. The zero-order chi connectivity index (χ0) is 25.8. The minimum atomic E-state index is -1.13. The van der Waals surface area contributed by atoms with Crippen LogP contribution in [0.3, 0.4) is 0 Å². The number of carbonyl (C=O) groups is 3.